The first-order valence-electron chi connectivity index (χ1n) is 7.69. The highest BCUT2D eigenvalue weighted by atomic mass is 16.5. The van der Waals surface area contributed by atoms with Gasteiger partial charge in [0.2, 0.25) is 0 Å². The van der Waals surface area contributed by atoms with Crippen molar-refractivity contribution in [2.24, 2.45) is 11.7 Å². The smallest absolute Gasteiger partial charge is 0.323 e. The van der Waals surface area contributed by atoms with Gasteiger partial charge in [0.15, 0.2) is 0 Å². The van der Waals surface area contributed by atoms with Crippen LogP contribution in [0.25, 0.3) is 0 Å². The van der Waals surface area contributed by atoms with Crippen molar-refractivity contribution < 1.29 is 14.3 Å². The molecule has 2 aliphatic carbocycles. The Bertz CT molecular complexity index is 289. The Labute approximate surface area is 116 Å². The van der Waals surface area contributed by atoms with Crippen LogP contribution in [0.15, 0.2) is 0 Å². The summed E-state index contributed by atoms with van der Waals surface area (Å²) in [5, 5.41) is 0. The zero-order valence-electron chi connectivity index (χ0n) is 12.0. The van der Waals surface area contributed by atoms with Crippen LogP contribution in [0, 0.1) is 5.92 Å². The summed E-state index contributed by atoms with van der Waals surface area (Å²) < 4.78 is 11.0. The van der Waals surface area contributed by atoms with E-state index in [-0.39, 0.29) is 18.2 Å². The number of carbonyl (C=O) groups is 1. The van der Waals surface area contributed by atoms with Crippen molar-refractivity contribution in [2.45, 2.75) is 76.0 Å². The lowest BCUT2D eigenvalue weighted by Gasteiger charge is -2.31. The number of carbonyl (C=O) groups excluding carboxylic acids is 1. The van der Waals surface area contributed by atoms with E-state index < -0.39 is 6.04 Å². The van der Waals surface area contributed by atoms with Gasteiger partial charge in [-0.3, -0.25) is 4.79 Å². The molecule has 0 bridgehead atoms. The number of nitrogens with two attached hydrogens (primary N) is 1. The SMILES string of the molecule is COC1CCCC(OC(=O)C(N)C2CCCCC2)C1. The van der Waals surface area contributed by atoms with Gasteiger partial charge in [-0.05, 0) is 38.0 Å². The van der Waals surface area contributed by atoms with Gasteiger partial charge in [-0.1, -0.05) is 19.3 Å². The lowest BCUT2D eigenvalue weighted by Crippen LogP contribution is -2.42. The number of esters is 1. The predicted molar refractivity (Wildman–Crippen MR) is 73.7 cm³/mol. The highest BCUT2D eigenvalue weighted by Crippen LogP contribution is 2.28. The Morgan fingerprint density at radius 2 is 1.74 bits per heavy atom. The first-order valence-corrected chi connectivity index (χ1v) is 7.69. The molecule has 110 valence electrons. The van der Waals surface area contributed by atoms with Gasteiger partial charge in [-0.25, -0.2) is 0 Å². The second kappa shape index (κ2) is 7.25. The summed E-state index contributed by atoms with van der Waals surface area (Å²) >= 11 is 0. The highest BCUT2D eigenvalue weighted by Gasteiger charge is 2.31. The normalized spacial score (nSPS) is 30.8. The summed E-state index contributed by atoms with van der Waals surface area (Å²) in [6, 6.07) is -0.428. The summed E-state index contributed by atoms with van der Waals surface area (Å²) in [6.45, 7) is 0. The summed E-state index contributed by atoms with van der Waals surface area (Å²) in [5.74, 6) is 0.122. The van der Waals surface area contributed by atoms with Crippen LogP contribution in [-0.2, 0) is 14.3 Å². The Balaban J connectivity index is 1.79. The van der Waals surface area contributed by atoms with Crippen LogP contribution in [0.3, 0.4) is 0 Å². The Kier molecular flexibility index (Phi) is 5.64. The summed E-state index contributed by atoms with van der Waals surface area (Å²) in [7, 11) is 1.72. The molecule has 3 atom stereocenters. The molecular weight excluding hydrogens is 242 g/mol. The van der Waals surface area contributed by atoms with Crippen molar-refractivity contribution in [2.75, 3.05) is 7.11 Å². The van der Waals surface area contributed by atoms with Gasteiger partial charge in [0.05, 0.1) is 6.10 Å². The largest absolute Gasteiger partial charge is 0.461 e. The van der Waals surface area contributed by atoms with E-state index in [1.54, 1.807) is 7.11 Å². The van der Waals surface area contributed by atoms with E-state index in [0.717, 1.165) is 38.5 Å². The molecule has 2 aliphatic rings. The fourth-order valence-corrected chi connectivity index (χ4v) is 3.35. The highest BCUT2D eigenvalue weighted by molar-refractivity contribution is 5.76. The van der Waals surface area contributed by atoms with Gasteiger partial charge in [0, 0.05) is 13.5 Å². The van der Waals surface area contributed by atoms with Crippen LogP contribution in [0.2, 0.25) is 0 Å². The molecule has 19 heavy (non-hydrogen) atoms. The van der Waals surface area contributed by atoms with Gasteiger partial charge in [0.1, 0.15) is 12.1 Å². The Morgan fingerprint density at radius 1 is 1.05 bits per heavy atom. The average molecular weight is 269 g/mol. The van der Waals surface area contributed by atoms with Crippen molar-refractivity contribution in [3.05, 3.63) is 0 Å². The van der Waals surface area contributed by atoms with E-state index in [4.69, 9.17) is 15.2 Å². The van der Waals surface area contributed by atoms with E-state index in [1.165, 1.54) is 19.3 Å². The van der Waals surface area contributed by atoms with Gasteiger partial charge in [-0.2, -0.15) is 0 Å². The van der Waals surface area contributed by atoms with Crippen LogP contribution in [0.4, 0.5) is 0 Å². The van der Waals surface area contributed by atoms with Crippen LogP contribution in [0.1, 0.15) is 57.8 Å². The lowest BCUT2D eigenvalue weighted by atomic mass is 9.84. The van der Waals surface area contributed by atoms with E-state index in [9.17, 15) is 4.79 Å². The minimum absolute atomic E-state index is 0.000778. The fourth-order valence-electron chi connectivity index (χ4n) is 3.35. The lowest BCUT2D eigenvalue weighted by molar-refractivity contribution is -0.156. The molecule has 4 heteroatoms. The molecule has 2 rings (SSSR count). The first-order chi connectivity index (χ1) is 9.20. The topological polar surface area (TPSA) is 61.5 Å². The monoisotopic (exact) mass is 269 g/mol. The maximum atomic E-state index is 12.1. The summed E-state index contributed by atoms with van der Waals surface area (Å²) in [5.41, 5.74) is 6.07. The minimum Gasteiger partial charge on any atom is -0.461 e. The second-order valence-corrected chi connectivity index (χ2v) is 6.01. The van der Waals surface area contributed by atoms with Gasteiger partial charge in [0.25, 0.3) is 0 Å². The Morgan fingerprint density at radius 3 is 2.42 bits per heavy atom. The predicted octanol–water partition coefficient (Wildman–Crippen LogP) is 2.39. The fraction of sp³-hybridized carbons (Fsp3) is 0.933. The third-order valence-corrected chi connectivity index (χ3v) is 4.62. The maximum absolute atomic E-state index is 12.1. The standard InChI is InChI=1S/C15H27NO3/c1-18-12-8-5-9-13(10-12)19-15(17)14(16)11-6-3-2-4-7-11/h11-14H,2-10,16H2,1H3. The molecular formula is C15H27NO3. The summed E-state index contributed by atoms with van der Waals surface area (Å²) in [6.07, 6.45) is 9.94. The maximum Gasteiger partial charge on any atom is 0.323 e. The van der Waals surface area contributed by atoms with E-state index in [2.05, 4.69) is 0 Å². The van der Waals surface area contributed by atoms with Gasteiger partial charge >= 0.3 is 5.97 Å². The molecule has 0 amide bonds. The van der Waals surface area contributed by atoms with E-state index >= 15 is 0 Å². The van der Waals surface area contributed by atoms with E-state index in [1.807, 2.05) is 0 Å². The number of ether oxygens (including phenoxy) is 2. The Hall–Kier alpha value is -0.610. The molecule has 0 aromatic carbocycles. The molecule has 0 aromatic rings. The molecule has 0 radical (unpaired) electrons. The van der Waals surface area contributed by atoms with Gasteiger partial charge in [-0.15, -0.1) is 0 Å². The average Bonchev–Trinajstić information content (AvgIpc) is 2.47. The zero-order valence-corrected chi connectivity index (χ0v) is 12.0. The number of hydrogen-bond donors (Lipinski definition) is 1. The summed E-state index contributed by atoms with van der Waals surface area (Å²) in [4.78, 5) is 12.1. The third kappa shape index (κ3) is 4.18. The molecule has 0 heterocycles. The molecule has 0 spiro atoms. The second-order valence-electron chi connectivity index (χ2n) is 6.01. The van der Waals surface area contributed by atoms with Crippen molar-refractivity contribution in [3.8, 4) is 0 Å². The van der Waals surface area contributed by atoms with Crippen LogP contribution in [0.5, 0.6) is 0 Å². The number of methoxy groups -OCH3 is 1. The van der Waals surface area contributed by atoms with E-state index in [0.29, 0.717) is 5.92 Å². The number of rotatable bonds is 4. The van der Waals surface area contributed by atoms with Crippen molar-refractivity contribution in [1.29, 1.82) is 0 Å². The van der Waals surface area contributed by atoms with Crippen LogP contribution < -0.4 is 5.73 Å². The molecule has 2 saturated carbocycles. The quantitative estimate of drug-likeness (QED) is 0.796. The molecule has 2 fully saturated rings. The third-order valence-electron chi connectivity index (χ3n) is 4.62. The van der Waals surface area contributed by atoms with Crippen molar-refractivity contribution >= 4 is 5.97 Å². The minimum atomic E-state index is -0.428. The number of hydrogen-bond acceptors (Lipinski definition) is 4. The van der Waals surface area contributed by atoms with Crippen molar-refractivity contribution in [3.63, 3.8) is 0 Å². The molecule has 0 aliphatic heterocycles. The van der Waals surface area contributed by atoms with Crippen molar-refractivity contribution in [1.82, 2.24) is 0 Å². The molecule has 0 saturated heterocycles. The molecule has 0 aromatic heterocycles. The molecule has 2 N–H and O–H groups in total. The van der Waals surface area contributed by atoms with Crippen LogP contribution in [-0.4, -0.2) is 31.3 Å². The molecule has 3 unspecified atom stereocenters. The first kappa shape index (κ1) is 14.8. The van der Waals surface area contributed by atoms with Gasteiger partial charge < -0.3 is 15.2 Å². The molecule has 4 nitrogen and oxygen atoms in total. The van der Waals surface area contributed by atoms with Crippen LogP contribution >= 0.6 is 0 Å². The zero-order chi connectivity index (χ0) is 13.7.